The van der Waals surface area contributed by atoms with Crippen molar-refractivity contribution in [2.75, 3.05) is 33.8 Å². The number of carbonyl (C=O) groups is 1. The Hall–Kier alpha value is -1.71. The number of amides is 1. The van der Waals surface area contributed by atoms with Gasteiger partial charge in [-0.3, -0.25) is 4.99 Å². The van der Waals surface area contributed by atoms with Gasteiger partial charge in [-0.2, -0.15) is 0 Å². The summed E-state index contributed by atoms with van der Waals surface area (Å²) < 4.78 is 10.6. The highest BCUT2D eigenvalue weighted by Crippen LogP contribution is 2.19. The number of hydrogen-bond acceptors (Lipinski definition) is 4. The highest BCUT2D eigenvalue weighted by molar-refractivity contribution is 14.0. The lowest BCUT2D eigenvalue weighted by Crippen LogP contribution is -2.43. The number of nitrogens with zero attached hydrogens (tertiary/aromatic N) is 1. The summed E-state index contributed by atoms with van der Waals surface area (Å²) in [5.41, 5.74) is 1.87. The number of hydrogen-bond donors (Lipinski definition) is 3. The lowest BCUT2D eigenvalue weighted by atomic mass is 10.1. The second-order valence-electron chi connectivity index (χ2n) is 6.92. The van der Waals surface area contributed by atoms with Gasteiger partial charge in [0, 0.05) is 26.7 Å². The quantitative estimate of drug-likeness (QED) is 0.236. The molecule has 0 bridgehead atoms. The Balaban J connectivity index is 0.00000676. The van der Waals surface area contributed by atoms with Crippen molar-refractivity contribution in [3.05, 3.63) is 29.3 Å². The lowest BCUT2D eigenvalue weighted by molar-refractivity contribution is 0.0529. The van der Waals surface area contributed by atoms with Crippen molar-refractivity contribution < 1.29 is 14.3 Å². The number of aliphatic imine (C=N–C) groups is 1. The Labute approximate surface area is 179 Å². The summed E-state index contributed by atoms with van der Waals surface area (Å²) in [5.74, 6) is 1.57. The van der Waals surface area contributed by atoms with Crippen molar-refractivity contribution in [3.63, 3.8) is 0 Å². The SMILES string of the molecule is CN=C(NCCNC(=O)OC(C)(C)C)NCCc1cc(C)ccc1OC.I. The number of aryl methyl sites for hydroxylation is 1. The van der Waals surface area contributed by atoms with E-state index in [0.29, 0.717) is 19.0 Å². The predicted molar refractivity (Wildman–Crippen MR) is 120 cm³/mol. The molecule has 0 aliphatic rings. The number of nitrogens with one attached hydrogen (secondary N) is 3. The van der Waals surface area contributed by atoms with E-state index in [-0.39, 0.29) is 24.0 Å². The molecule has 0 aromatic heterocycles. The van der Waals surface area contributed by atoms with Gasteiger partial charge in [-0.25, -0.2) is 4.79 Å². The van der Waals surface area contributed by atoms with E-state index in [1.807, 2.05) is 32.9 Å². The molecule has 0 aliphatic heterocycles. The largest absolute Gasteiger partial charge is 0.496 e. The molecule has 0 radical (unpaired) electrons. The molecule has 1 aromatic carbocycles. The number of halogens is 1. The first-order valence-electron chi connectivity index (χ1n) is 8.80. The summed E-state index contributed by atoms with van der Waals surface area (Å²) in [6.45, 7) is 9.28. The molecule has 0 unspecified atom stereocenters. The van der Waals surface area contributed by atoms with E-state index in [2.05, 4.69) is 33.9 Å². The monoisotopic (exact) mass is 492 g/mol. The Bertz CT molecular complexity index is 615. The minimum atomic E-state index is -0.494. The second kappa shape index (κ2) is 12.6. The topological polar surface area (TPSA) is 84.0 Å². The fourth-order valence-corrected chi connectivity index (χ4v) is 2.30. The molecule has 27 heavy (non-hydrogen) atoms. The van der Waals surface area contributed by atoms with E-state index < -0.39 is 11.7 Å². The number of ether oxygens (including phenoxy) is 2. The molecular formula is C19H33IN4O3. The van der Waals surface area contributed by atoms with Crippen LogP contribution in [0.1, 0.15) is 31.9 Å². The van der Waals surface area contributed by atoms with Gasteiger partial charge in [0.25, 0.3) is 0 Å². The molecule has 3 N–H and O–H groups in total. The van der Waals surface area contributed by atoms with Crippen LogP contribution in [0.15, 0.2) is 23.2 Å². The van der Waals surface area contributed by atoms with E-state index in [0.717, 1.165) is 24.3 Å². The van der Waals surface area contributed by atoms with E-state index in [1.165, 1.54) is 5.56 Å². The van der Waals surface area contributed by atoms with Gasteiger partial charge in [0.05, 0.1) is 7.11 Å². The van der Waals surface area contributed by atoms with Gasteiger partial charge < -0.3 is 25.4 Å². The molecule has 0 atom stereocenters. The Kier molecular flexibility index (Phi) is 11.8. The third-order valence-electron chi connectivity index (χ3n) is 3.43. The number of rotatable bonds is 7. The maximum Gasteiger partial charge on any atom is 0.407 e. The first-order chi connectivity index (χ1) is 12.2. The summed E-state index contributed by atoms with van der Waals surface area (Å²) in [6.07, 6.45) is 0.399. The first kappa shape index (κ1) is 25.3. The van der Waals surface area contributed by atoms with Crippen molar-refractivity contribution in [3.8, 4) is 5.75 Å². The maximum absolute atomic E-state index is 11.6. The first-order valence-corrected chi connectivity index (χ1v) is 8.80. The molecule has 1 aromatic rings. The highest BCUT2D eigenvalue weighted by atomic mass is 127. The molecule has 1 rings (SSSR count). The van der Waals surface area contributed by atoms with Crippen molar-refractivity contribution >= 4 is 36.0 Å². The van der Waals surface area contributed by atoms with Gasteiger partial charge in [0.1, 0.15) is 11.4 Å². The smallest absolute Gasteiger partial charge is 0.407 e. The Morgan fingerprint density at radius 3 is 2.33 bits per heavy atom. The molecule has 0 heterocycles. The maximum atomic E-state index is 11.6. The normalized spacial score (nSPS) is 11.3. The van der Waals surface area contributed by atoms with Crippen molar-refractivity contribution in [1.82, 2.24) is 16.0 Å². The molecule has 0 saturated carbocycles. The number of methoxy groups -OCH3 is 1. The molecule has 0 spiro atoms. The standard InChI is InChI=1S/C19H32N4O3.HI/c1-14-7-8-16(25-6)15(13-14)9-10-21-17(20-5)22-11-12-23-18(24)26-19(2,3)4;/h7-8,13H,9-12H2,1-6H3,(H,23,24)(H2,20,21,22);1H. The van der Waals surface area contributed by atoms with Gasteiger partial charge in [-0.15, -0.1) is 24.0 Å². The fourth-order valence-electron chi connectivity index (χ4n) is 2.30. The predicted octanol–water partition coefficient (Wildman–Crippen LogP) is 2.85. The van der Waals surface area contributed by atoms with Crippen molar-refractivity contribution in [1.29, 1.82) is 0 Å². The van der Waals surface area contributed by atoms with Gasteiger partial charge in [-0.1, -0.05) is 17.7 Å². The van der Waals surface area contributed by atoms with Crippen LogP contribution in [0.25, 0.3) is 0 Å². The summed E-state index contributed by atoms with van der Waals surface area (Å²) in [4.78, 5) is 15.7. The molecule has 0 fully saturated rings. The van der Waals surface area contributed by atoms with Crippen LogP contribution >= 0.6 is 24.0 Å². The summed E-state index contributed by atoms with van der Waals surface area (Å²) in [7, 11) is 3.39. The third kappa shape index (κ3) is 10.9. The second-order valence-corrected chi connectivity index (χ2v) is 6.92. The zero-order chi connectivity index (χ0) is 19.6. The van der Waals surface area contributed by atoms with Crippen LogP contribution in [0, 0.1) is 6.92 Å². The summed E-state index contributed by atoms with van der Waals surface area (Å²) >= 11 is 0. The van der Waals surface area contributed by atoms with Crippen LogP contribution in [0.4, 0.5) is 4.79 Å². The number of guanidine groups is 1. The Morgan fingerprint density at radius 2 is 1.74 bits per heavy atom. The van der Waals surface area contributed by atoms with Crippen LogP contribution in [0.2, 0.25) is 0 Å². The van der Waals surface area contributed by atoms with Crippen molar-refractivity contribution in [2.24, 2.45) is 4.99 Å². The van der Waals surface area contributed by atoms with E-state index in [9.17, 15) is 4.79 Å². The van der Waals surface area contributed by atoms with Gasteiger partial charge >= 0.3 is 6.09 Å². The van der Waals surface area contributed by atoms with Gasteiger partial charge in [-0.05, 0) is 45.7 Å². The zero-order valence-corrected chi connectivity index (χ0v) is 19.5. The van der Waals surface area contributed by atoms with Gasteiger partial charge in [0.15, 0.2) is 5.96 Å². The average molecular weight is 492 g/mol. The average Bonchev–Trinajstić information content (AvgIpc) is 2.55. The van der Waals surface area contributed by atoms with Crippen LogP contribution in [-0.2, 0) is 11.2 Å². The van der Waals surface area contributed by atoms with Crippen LogP contribution < -0.4 is 20.7 Å². The highest BCUT2D eigenvalue weighted by Gasteiger charge is 2.15. The minimum absolute atomic E-state index is 0. The molecule has 8 heteroatoms. The van der Waals surface area contributed by atoms with Gasteiger partial charge in [0.2, 0.25) is 0 Å². The molecule has 0 aliphatic carbocycles. The summed E-state index contributed by atoms with van der Waals surface area (Å²) in [6, 6.07) is 6.15. The third-order valence-corrected chi connectivity index (χ3v) is 3.43. The van der Waals surface area contributed by atoms with E-state index >= 15 is 0 Å². The number of alkyl carbamates (subject to hydrolysis) is 1. The molecule has 154 valence electrons. The molecule has 7 nitrogen and oxygen atoms in total. The van der Waals surface area contributed by atoms with Crippen molar-refractivity contribution in [2.45, 2.75) is 39.7 Å². The van der Waals surface area contributed by atoms with E-state index in [1.54, 1.807) is 14.2 Å². The van der Waals surface area contributed by atoms with Crippen LogP contribution in [0.3, 0.4) is 0 Å². The van der Waals surface area contributed by atoms with Crippen LogP contribution in [0.5, 0.6) is 5.75 Å². The zero-order valence-electron chi connectivity index (χ0n) is 17.1. The molecule has 1 amide bonds. The lowest BCUT2D eigenvalue weighted by Gasteiger charge is -2.20. The number of carbonyl (C=O) groups excluding carboxylic acids is 1. The van der Waals surface area contributed by atoms with Crippen LogP contribution in [-0.4, -0.2) is 51.4 Å². The molecular weight excluding hydrogens is 459 g/mol. The minimum Gasteiger partial charge on any atom is -0.496 e. The molecule has 0 saturated heterocycles. The summed E-state index contributed by atoms with van der Waals surface area (Å²) in [5, 5.41) is 9.10. The Morgan fingerprint density at radius 1 is 1.11 bits per heavy atom. The van der Waals surface area contributed by atoms with E-state index in [4.69, 9.17) is 9.47 Å². The number of benzene rings is 1. The fraction of sp³-hybridized carbons (Fsp3) is 0.579.